The number of para-hydroxylation sites is 1. The Kier molecular flexibility index (Phi) is 5.34. The monoisotopic (exact) mass is 403 g/mol. The molecule has 0 bridgehead atoms. The van der Waals surface area contributed by atoms with Crippen LogP contribution in [-0.4, -0.2) is 35.4 Å². The van der Waals surface area contributed by atoms with Crippen LogP contribution in [0, 0.1) is 0 Å². The summed E-state index contributed by atoms with van der Waals surface area (Å²) in [6.45, 7) is 1.99. The van der Waals surface area contributed by atoms with Crippen LogP contribution in [0.25, 0.3) is 11.1 Å². The standard InChI is InChI=1S/C20H19Cl2N3O2/c21-14-5-6-18-17(11-14)24-20(27-18)13-7-9-25(10-8-13)12-19(26)23-16-4-2-1-3-15(16)22/h1-6,11,13H,7-10,12H2,(H,23,26). The number of carbonyl (C=O) groups is 1. The molecular formula is C20H19Cl2N3O2. The van der Waals surface area contributed by atoms with Crippen LogP contribution in [0.15, 0.2) is 46.9 Å². The Morgan fingerprint density at radius 3 is 2.74 bits per heavy atom. The molecule has 1 amide bonds. The molecule has 0 aliphatic carbocycles. The fourth-order valence-corrected chi connectivity index (χ4v) is 3.74. The smallest absolute Gasteiger partial charge is 0.238 e. The van der Waals surface area contributed by atoms with Crippen molar-refractivity contribution in [3.05, 3.63) is 58.4 Å². The molecule has 140 valence electrons. The zero-order valence-corrected chi connectivity index (χ0v) is 16.1. The van der Waals surface area contributed by atoms with Crippen LogP contribution in [0.3, 0.4) is 0 Å². The number of hydrogen-bond acceptors (Lipinski definition) is 4. The number of fused-ring (bicyclic) bond motifs is 1. The molecule has 0 radical (unpaired) electrons. The van der Waals surface area contributed by atoms with Crippen molar-refractivity contribution in [3.63, 3.8) is 0 Å². The third-order valence-electron chi connectivity index (χ3n) is 4.82. The fraction of sp³-hybridized carbons (Fsp3) is 0.300. The lowest BCUT2D eigenvalue weighted by atomic mass is 9.97. The summed E-state index contributed by atoms with van der Waals surface area (Å²) >= 11 is 12.1. The van der Waals surface area contributed by atoms with E-state index in [-0.39, 0.29) is 11.8 Å². The molecule has 1 N–H and O–H groups in total. The first-order valence-electron chi connectivity index (χ1n) is 8.91. The number of nitrogens with zero attached hydrogens (tertiary/aromatic N) is 2. The molecule has 0 unspecified atom stereocenters. The summed E-state index contributed by atoms with van der Waals surface area (Å²) in [5.41, 5.74) is 2.19. The first kappa shape index (κ1) is 18.3. The summed E-state index contributed by atoms with van der Waals surface area (Å²) < 4.78 is 5.89. The Labute approximate surface area is 167 Å². The number of likely N-dealkylation sites (tertiary alicyclic amines) is 1. The van der Waals surface area contributed by atoms with Crippen molar-refractivity contribution in [1.82, 2.24) is 9.88 Å². The van der Waals surface area contributed by atoms with Crippen molar-refractivity contribution in [2.24, 2.45) is 0 Å². The summed E-state index contributed by atoms with van der Waals surface area (Å²) in [5, 5.41) is 4.06. The second-order valence-electron chi connectivity index (χ2n) is 6.74. The highest BCUT2D eigenvalue weighted by molar-refractivity contribution is 6.33. The normalized spacial score (nSPS) is 15.9. The number of oxazole rings is 1. The number of hydrogen-bond donors (Lipinski definition) is 1. The molecule has 7 heteroatoms. The molecule has 0 spiro atoms. The highest BCUT2D eigenvalue weighted by atomic mass is 35.5. The van der Waals surface area contributed by atoms with Gasteiger partial charge in [0, 0.05) is 10.9 Å². The van der Waals surface area contributed by atoms with Crippen LogP contribution in [0.4, 0.5) is 5.69 Å². The molecule has 4 rings (SSSR count). The summed E-state index contributed by atoms with van der Waals surface area (Å²) in [6, 6.07) is 12.7. The molecule has 1 aliphatic rings. The minimum atomic E-state index is -0.0574. The number of benzene rings is 2. The molecule has 27 heavy (non-hydrogen) atoms. The van der Waals surface area contributed by atoms with Gasteiger partial charge in [-0.1, -0.05) is 35.3 Å². The second kappa shape index (κ2) is 7.89. The van der Waals surface area contributed by atoms with Crippen LogP contribution in [0.5, 0.6) is 0 Å². The molecule has 2 aromatic carbocycles. The van der Waals surface area contributed by atoms with Crippen LogP contribution >= 0.6 is 23.2 Å². The highest BCUT2D eigenvalue weighted by Crippen LogP contribution is 2.30. The van der Waals surface area contributed by atoms with Gasteiger partial charge in [0.1, 0.15) is 5.52 Å². The number of anilines is 1. The second-order valence-corrected chi connectivity index (χ2v) is 7.59. The molecule has 1 aliphatic heterocycles. The zero-order valence-electron chi connectivity index (χ0n) is 14.6. The number of amides is 1. The predicted octanol–water partition coefficient (Wildman–Crippen LogP) is 4.95. The van der Waals surface area contributed by atoms with Gasteiger partial charge in [-0.25, -0.2) is 4.98 Å². The Morgan fingerprint density at radius 2 is 1.96 bits per heavy atom. The van der Waals surface area contributed by atoms with E-state index in [1.54, 1.807) is 18.2 Å². The van der Waals surface area contributed by atoms with Gasteiger partial charge in [-0.2, -0.15) is 0 Å². The number of nitrogens with one attached hydrogen (secondary N) is 1. The van der Waals surface area contributed by atoms with Crippen molar-refractivity contribution in [1.29, 1.82) is 0 Å². The molecule has 1 aromatic heterocycles. The van der Waals surface area contributed by atoms with E-state index in [2.05, 4.69) is 15.2 Å². The lowest BCUT2D eigenvalue weighted by Crippen LogP contribution is -2.38. The molecule has 2 heterocycles. The third kappa shape index (κ3) is 4.26. The third-order valence-corrected chi connectivity index (χ3v) is 5.38. The molecule has 1 fully saturated rings. The number of aromatic nitrogens is 1. The van der Waals surface area contributed by atoms with Crippen molar-refractivity contribution >= 4 is 45.9 Å². The van der Waals surface area contributed by atoms with Crippen LogP contribution in [-0.2, 0) is 4.79 Å². The molecular weight excluding hydrogens is 385 g/mol. The van der Waals surface area contributed by atoms with Gasteiger partial charge in [-0.15, -0.1) is 0 Å². The summed E-state index contributed by atoms with van der Waals surface area (Å²) in [7, 11) is 0. The van der Waals surface area contributed by atoms with E-state index < -0.39 is 0 Å². The summed E-state index contributed by atoms with van der Waals surface area (Å²) in [4.78, 5) is 19.0. The van der Waals surface area contributed by atoms with Gasteiger partial charge in [-0.3, -0.25) is 9.69 Å². The highest BCUT2D eigenvalue weighted by Gasteiger charge is 2.25. The largest absolute Gasteiger partial charge is 0.440 e. The molecule has 3 aromatic rings. The number of carbonyl (C=O) groups excluding carboxylic acids is 1. The van der Waals surface area contributed by atoms with Gasteiger partial charge in [0.25, 0.3) is 0 Å². The average Bonchev–Trinajstić information content (AvgIpc) is 3.07. The number of halogens is 2. The topological polar surface area (TPSA) is 58.4 Å². The first-order valence-corrected chi connectivity index (χ1v) is 9.67. The average molecular weight is 404 g/mol. The number of rotatable bonds is 4. The fourth-order valence-electron chi connectivity index (χ4n) is 3.39. The van der Waals surface area contributed by atoms with Gasteiger partial charge in [0.05, 0.1) is 17.3 Å². The Balaban J connectivity index is 1.33. The van der Waals surface area contributed by atoms with E-state index in [0.29, 0.717) is 22.3 Å². The van der Waals surface area contributed by atoms with E-state index in [1.807, 2.05) is 24.3 Å². The lowest BCUT2D eigenvalue weighted by molar-refractivity contribution is -0.117. The Morgan fingerprint density at radius 1 is 1.19 bits per heavy atom. The van der Waals surface area contributed by atoms with Crippen LogP contribution in [0.2, 0.25) is 10.0 Å². The van der Waals surface area contributed by atoms with Crippen molar-refractivity contribution in [3.8, 4) is 0 Å². The number of piperidine rings is 1. The zero-order chi connectivity index (χ0) is 18.8. The molecule has 0 atom stereocenters. The van der Waals surface area contributed by atoms with Gasteiger partial charge in [0.15, 0.2) is 11.5 Å². The molecule has 0 saturated carbocycles. The summed E-state index contributed by atoms with van der Waals surface area (Å²) in [6.07, 6.45) is 1.81. The minimum Gasteiger partial charge on any atom is -0.440 e. The van der Waals surface area contributed by atoms with E-state index in [9.17, 15) is 4.79 Å². The predicted molar refractivity (Wildman–Crippen MR) is 108 cm³/mol. The van der Waals surface area contributed by atoms with Crippen molar-refractivity contribution in [2.75, 3.05) is 25.0 Å². The van der Waals surface area contributed by atoms with Crippen LogP contribution in [0.1, 0.15) is 24.7 Å². The maximum atomic E-state index is 12.3. The molecule has 5 nitrogen and oxygen atoms in total. The SMILES string of the molecule is O=C(CN1CCC(c2nc3cc(Cl)ccc3o2)CC1)Nc1ccccc1Cl. The quantitative estimate of drug-likeness (QED) is 0.668. The lowest BCUT2D eigenvalue weighted by Gasteiger charge is -2.29. The Bertz CT molecular complexity index is 965. The summed E-state index contributed by atoms with van der Waals surface area (Å²) in [5.74, 6) is 0.963. The van der Waals surface area contributed by atoms with Crippen LogP contribution < -0.4 is 5.32 Å². The van der Waals surface area contributed by atoms with E-state index in [4.69, 9.17) is 27.6 Å². The maximum Gasteiger partial charge on any atom is 0.238 e. The maximum absolute atomic E-state index is 12.3. The van der Waals surface area contributed by atoms with Gasteiger partial charge < -0.3 is 9.73 Å². The van der Waals surface area contributed by atoms with Gasteiger partial charge >= 0.3 is 0 Å². The first-order chi connectivity index (χ1) is 13.1. The van der Waals surface area contributed by atoms with E-state index >= 15 is 0 Å². The van der Waals surface area contributed by atoms with Gasteiger partial charge in [0.2, 0.25) is 5.91 Å². The Hall–Kier alpha value is -2.08. The van der Waals surface area contributed by atoms with E-state index in [0.717, 1.165) is 42.9 Å². The van der Waals surface area contributed by atoms with Crippen molar-refractivity contribution in [2.45, 2.75) is 18.8 Å². The molecule has 1 saturated heterocycles. The minimum absolute atomic E-state index is 0.0574. The van der Waals surface area contributed by atoms with Crippen molar-refractivity contribution < 1.29 is 9.21 Å². The van der Waals surface area contributed by atoms with E-state index in [1.165, 1.54) is 0 Å². The van der Waals surface area contributed by atoms with Gasteiger partial charge in [-0.05, 0) is 56.3 Å².